The molecule has 1 aliphatic carbocycles. The maximum atomic E-state index is 13.1. The van der Waals surface area contributed by atoms with Crippen molar-refractivity contribution in [3.05, 3.63) is 72.0 Å². The van der Waals surface area contributed by atoms with E-state index >= 15 is 0 Å². The number of amides is 1. The van der Waals surface area contributed by atoms with Crippen molar-refractivity contribution in [1.29, 1.82) is 0 Å². The number of nitrogens with one attached hydrogen (secondary N) is 1. The molecule has 1 amide bonds. The van der Waals surface area contributed by atoms with Gasteiger partial charge in [-0.3, -0.25) is 4.79 Å². The Hall–Kier alpha value is -3.12. The van der Waals surface area contributed by atoms with E-state index in [1.54, 1.807) is 11.3 Å². The second kappa shape index (κ2) is 5.94. The molecule has 4 aromatic rings. The molecule has 2 aliphatic rings. The summed E-state index contributed by atoms with van der Waals surface area (Å²) in [6, 6.07) is 19.9. The lowest BCUT2D eigenvalue weighted by atomic mass is 10.1. The predicted octanol–water partition coefficient (Wildman–Crippen LogP) is 5.29. The van der Waals surface area contributed by atoms with E-state index < -0.39 is 0 Å². The molecule has 0 saturated heterocycles. The van der Waals surface area contributed by atoms with Gasteiger partial charge in [0, 0.05) is 11.7 Å². The van der Waals surface area contributed by atoms with Gasteiger partial charge in [0.05, 0.1) is 15.8 Å². The van der Waals surface area contributed by atoms with Gasteiger partial charge in [-0.25, -0.2) is 4.98 Å². The molecule has 6 heteroatoms. The number of rotatable bonds is 3. The summed E-state index contributed by atoms with van der Waals surface area (Å²) in [5.74, 6) is 1.55. The Balaban J connectivity index is 1.40. The number of aromatic nitrogens is 1. The first-order valence-electron chi connectivity index (χ1n) is 9.42. The monoisotopic (exact) mass is 387 g/mol. The molecule has 1 atom stereocenters. The lowest BCUT2D eigenvalue weighted by Gasteiger charge is -2.36. The second-order valence-electron chi connectivity index (χ2n) is 7.22. The first kappa shape index (κ1) is 15.9. The lowest BCUT2D eigenvalue weighted by Crippen LogP contribution is -2.44. The maximum Gasteiger partial charge on any atom is 0.258 e. The number of furan rings is 1. The van der Waals surface area contributed by atoms with Gasteiger partial charge in [-0.2, -0.15) is 0 Å². The average Bonchev–Trinajstić information content (AvgIpc) is 3.27. The molecule has 1 N–H and O–H groups in total. The van der Waals surface area contributed by atoms with Crippen LogP contribution in [-0.4, -0.2) is 21.8 Å². The molecule has 3 heterocycles. The fraction of sp³-hybridized carbons (Fsp3) is 0.182. The molecule has 5 nitrogen and oxygen atoms in total. The van der Waals surface area contributed by atoms with Gasteiger partial charge >= 0.3 is 0 Å². The number of carbonyl (C=O) groups excluding carboxylic acids is 1. The van der Waals surface area contributed by atoms with E-state index in [0.29, 0.717) is 0 Å². The van der Waals surface area contributed by atoms with Gasteiger partial charge in [0.1, 0.15) is 5.76 Å². The first-order chi connectivity index (χ1) is 13.8. The van der Waals surface area contributed by atoms with Gasteiger partial charge in [-0.05, 0) is 49.2 Å². The van der Waals surface area contributed by atoms with Crippen LogP contribution in [0.5, 0.6) is 0 Å². The van der Waals surface area contributed by atoms with Crippen molar-refractivity contribution >= 4 is 33.1 Å². The third-order valence-corrected chi connectivity index (χ3v) is 6.35. The number of hydrogen-bond acceptors (Lipinski definition) is 5. The van der Waals surface area contributed by atoms with E-state index in [2.05, 4.69) is 16.4 Å². The molecule has 0 radical (unpaired) electrons. The molecule has 1 saturated carbocycles. The summed E-state index contributed by atoms with van der Waals surface area (Å²) in [5.41, 5.74) is 2.55. The van der Waals surface area contributed by atoms with Crippen LogP contribution in [0.1, 0.15) is 35.1 Å². The number of para-hydroxylation sites is 2. The zero-order valence-electron chi connectivity index (χ0n) is 15.0. The van der Waals surface area contributed by atoms with Crippen LogP contribution in [0.4, 0.5) is 5.69 Å². The second-order valence-corrected chi connectivity index (χ2v) is 8.26. The van der Waals surface area contributed by atoms with Crippen molar-refractivity contribution in [2.75, 3.05) is 5.32 Å². The number of anilines is 1. The van der Waals surface area contributed by atoms with Gasteiger partial charge in [0.15, 0.2) is 16.9 Å². The van der Waals surface area contributed by atoms with E-state index in [-0.39, 0.29) is 18.1 Å². The van der Waals surface area contributed by atoms with Crippen LogP contribution in [0.15, 0.2) is 65.1 Å². The minimum absolute atomic E-state index is 0.0692. The third kappa shape index (κ3) is 2.45. The largest absolute Gasteiger partial charge is 0.454 e. The highest BCUT2D eigenvalue weighted by atomic mass is 32.1. The summed E-state index contributed by atoms with van der Waals surface area (Å²) >= 11 is 1.61. The Morgan fingerprint density at radius 1 is 1.04 bits per heavy atom. The molecule has 0 unspecified atom stereocenters. The Morgan fingerprint density at radius 3 is 2.71 bits per heavy atom. The Labute approximate surface area is 165 Å². The minimum Gasteiger partial charge on any atom is -0.454 e. The van der Waals surface area contributed by atoms with Crippen LogP contribution in [0, 0.1) is 0 Å². The fourth-order valence-corrected chi connectivity index (χ4v) is 4.73. The first-order valence-corrected chi connectivity index (χ1v) is 10.2. The average molecular weight is 387 g/mol. The van der Waals surface area contributed by atoms with E-state index in [4.69, 9.17) is 4.42 Å². The number of hydrogen-bond donors (Lipinski definition) is 1. The number of nitrogens with zero attached hydrogens (tertiary/aromatic N) is 2. The summed E-state index contributed by atoms with van der Waals surface area (Å²) in [4.78, 5) is 19.7. The van der Waals surface area contributed by atoms with Crippen LogP contribution in [-0.2, 0) is 0 Å². The SMILES string of the molecule is O=C1c2ccccc2N[C@@H](c2ccc(-c3nc4ccccc4s3)o2)N1C1CC1. The molecule has 1 fully saturated rings. The zero-order valence-corrected chi connectivity index (χ0v) is 15.8. The highest BCUT2D eigenvalue weighted by Crippen LogP contribution is 2.42. The van der Waals surface area contributed by atoms with E-state index in [1.165, 1.54) is 0 Å². The maximum absolute atomic E-state index is 13.1. The van der Waals surface area contributed by atoms with E-state index in [0.717, 1.165) is 50.8 Å². The van der Waals surface area contributed by atoms with Crippen molar-refractivity contribution < 1.29 is 9.21 Å². The molecular weight excluding hydrogens is 370 g/mol. The van der Waals surface area contributed by atoms with Gasteiger partial charge in [-0.1, -0.05) is 24.3 Å². The molecular formula is C22H17N3O2S. The summed E-state index contributed by atoms with van der Waals surface area (Å²) < 4.78 is 7.34. The number of thiazole rings is 1. The molecule has 28 heavy (non-hydrogen) atoms. The normalized spacial score (nSPS) is 18.9. The van der Waals surface area contributed by atoms with Gasteiger partial charge < -0.3 is 14.6 Å². The summed E-state index contributed by atoms with van der Waals surface area (Å²) in [6.45, 7) is 0. The predicted molar refractivity (Wildman–Crippen MR) is 109 cm³/mol. The van der Waals surface area contributed by atoms with Crippen LogP contribution < -0.4 is 5.32 Å². The zero-order chi connectivity index (χ0) is 18.7. The number of fused-ring (bicyclic) bond motifs is 2. The van der Waals surface area contributed by atoms with Crippen LogP contribution in [0.2, 0.25) is 0 Å². The lowest BCUT2D eigenvalue weighted by molar-refractivity contribution is 0.0646. The Morgan fingerprint density at radius 2 is 1.86 bits per heavy atom. The molecule has 2 aromatic carbocycles. The highest BCUT2D eigenvalue weighted by Gasteiger charge is 2.43. The molecule has 138 valence electrons. The van der Waals surface area contributed by atoms with Crippen LogP contribution >= 0.6 is 11.3 Å². The van der Waals surface area contributed by atoms with Crippen molar-refractivity contribution in [2.24, 2.45) is 0 Å². The smallest absolute Gasteiger partial charge is 0.258 e. The Bertz CT molecular complexity index is 1170. The van der Waals surface area contributed by atoms with Crippen molar-refractivity contribution in [3.63, 3.8) is 0 Å². The molecule has 6 rings (SSSR count). The van der Waals surface area contributed by atoms with Crippen molar-refractivity contribution in [2.45, 2.75) is 25.0 Å². The summed E-state index contributed by atoms with van der Waals surface area (Å²) in [6.07, 6.45) is 1.78. The summed E-state index contributed by atoms with van der Waals surface area (Å²) in [5, 5.41) is 4.36. The highest BCUT2D eigenvalue weighted by molar-refractivity contribution is 7.21. The van der Waals surface area contributed by atoms with Gasteiger partial charge in [0.25, 0.3) is 5.91 Å². The van der Waals surface area contributed by atoms with Crippen LogP contribution in [0.3, 0.4) is 0 Å². The van der Waals surface area contributed by atoms with E-state index in [1.807, 2.05) is 59.5 Å². The number of carbonyl (C=O) groups is 1. The van der Waals surface area contributed by atoms with Crippen molar-refractivity contribution in [1.82, 2.24) is 9.88 Å². The van der Waals surface area contributed by atoms with Gasteiger partial charge in [-0.15, -0.1) is 11.3 Å². The quantitative estimate of drug-likeness (QED) is 0.519. The molecule has 0 spiro atoms. The van der Waals surface area contributed by atoms with E-state index in [9.17, 15) is 4.79 Å². The molecule has 2 aromatic heterocycles. The summed E-state index contributed by atoms with van der Waals surface area (Å²) in [7, 11) is 0. The van der Waals surface area contributed by atoms with Crippen LogP contribution in [0.25, 0.3) is 21.0 Å². The molecule has 0 bridgehead atoms. The van der Waals surface area contributed by atoms with Crippen molar-refractivity contribution in [3.8, 4) is 10.8 Å². The van der Waals surface area contributed by atoms with Gasteiger partial charge in [0.2, 0.25) is 0 Å². The topological polar surface area (TPSA) is 58.4 Å². The molecule has 1 aliphatic heterocycles. The standard InChI is InChI=1S/C22H17N3O2S/c26-22-14-5-1-2-6-15(14)23-20(25(22)13-9-10-13)17-11-12-18(27-17)21-24-16-7-3-4-8-19(16)28-21/h1-8,11-13,20,23H,9-10H2/t20-/m1/s1. The number of benzene rings is 2. The fourth-order valence-electron chi connectivity index (χ4n) is 3.80. The third-order valence-electron chi connectivity index (χ3n) is 5.30. The Kier molecular flexibility index (Phi) is 3.37. The minimum atomic E-state index is -0.293.